The van der Waals surface area contributed by atoms with Crippen molar-refractivity contribution in [2.75, 3.05) is 18.2 Å². The number of halogens is 1. The Hall–Kier alpha value is -0.100. The van der Waals surface area contributed by atoms with Gasteiger partial charge in [0.1, 0.15) is 0 Å². The third kappa shape index (κ3) is 4.41. The first-order chi connectivity index (χ1) is 6.64. The van der Waals surface area contributed by atoms with Crippen LogP contribution in [0.3, 0.4) is 0 Å². The zero-order valence-electron chi connectivity index (χ0n) is 7.57. The lowest BCUT2D eigenvalue weighted by molar-refractivity contribution is 0.583. The van der Waals surface area contributed by atoms with E-state index in [4.69, 9.17) is 11.6 Å². The van der Waals surface area contributed by atoms with E-state index in [0.717, 1.165) is 6.42 Å². The summed E-state index contributed by atoms with van der Waals surface area (Å²) < 4.78 is 24.8. The summed E-state index contributed by atoms with van der Waals surface area (Å²) >= 11 is 6.97. The van der Waals surface area contributed by atoms with Gasteiger partial charge in [-0.25, -0.2) is 13.1 Å². The third-order valence-electron chi connectivity index (χ3n) is 1.62. The molecular formula is C8H12ClNO2S2. The molecule has 0 bridgehead atoms. The standard InChI is InChI=1S/C8H12ClNO2S2/c9-4-7-14(11,12)10-5-3-8-2-1-6-13-8/h1-2,6,10H,3-5,7H2. The van der Waals surface area contributed by atoms with Gasteiger partial charge in [-0.15, -0.1) is 22.9 Å². The summed E-state index contributed by atoms with van der Waals surface area (Å²) in [6, 6.07) is 3.94. The second-order valence-electron chi connectivity index (χ2n) is 2.73. The van der Waals surface area contributed by atoms with E-state index < -0.39 is 10.0 Å². The Morgan fingerprint density at radius 1 is 1.50 bits per heavy atom. The highest BCUT2D eigenvalue weighted by Crippen LogP contribution is 2.08. The van der Waals surface area contributed by atoms with E-state index in [1.165, 1.54) is 4.88 Å². The Kier molecular flexibility index (Phi) is 4.88. The molecule has 0 unspecified atom stereocenters. The topological polar surface area (TPSA) is 46.2 Å². The van der Waals surface area contributed by atoms with Gasteiger partial charge in [0.25, 0.3) is 0 Å². The Morgan fingerprint density at radius 2 is 2.29 bits per heavy atom. The van der Waals surface area contributed by atoms with Crippen LogP contribution in [0.15, 0.2) is 17.5 Å². The minimum atomic E-state index is -3.16. The first kappa shape index (κ1) is 12.0. The molecule has 0 fully saturated rings. The Bertz CT molecular complexity index is 347. The number of hydrogen-bond acceptors (Lipinski definition) is 3. The Balaban J connectivity index is 2.28. The summed E-state index contributed by atoms with van der Waals surface area (Å²) in [6.45, 7) is 0.444. The maximum atomic E-state index is 11.2. The molecule has 0 aromatic carbocycles. The number of nitrogens with one attached hydrogen (secondary N) is 1. The lowest BCUT2D eigenvalue weighted by atomic mass is 10.3. The maximum Gasteiger partial charge on any atom is 0.212 e. The molecule has 14 heavy (non-hydrogen) atoms. The van der Waals surface area contributed by atoms with E-state index in [0.29, 0.717) is 6.54 Å². The molecule has 1 aromatic heterocycles. The fraction of sp³-hybridized carbons (Fsp3) is 0.500. The molecule has 0 amide bonds. The van der Waals surface area contributed by atoms with E-state index in [2.05, 4.69) is 4.72 Å². The Morgan fingerprint density at radius 3 is 2.86 bits per heavy atom. The minimum Gasteiger partial charge on any atom is -0.215 e. The normalized spacial score (nSPS) is 11.8. The quantitative estimate of drug-likeness (QED) is 0.780. The summed E-state index contributed by atoms with van der Waals surface area (Å²) in [6.07, 6.45) is 0.735. The molecule has 0 saturated heterocycles. The van der Waals surface area contributed by atoms with Crippen molar-refractivity contribution < 1.29 is 8.42 Å². The van der Waals surface area contributed by atoms with Crippen molar-refractivity contribution in [3.63, 3.8) is 0 Å². The largest absolute Gasteiger partial charge is 0.215 e. The first-order valence-electron chi connectivity index (χ1n) is 4.20. The molecule has 0 spiro atoms. The highest BCUT2D eigenvalue weighted by Gasteiger charge is 2.07. The van der Waals surface area contributed by atoms with Gasteiger partial charge < -0.3 is 0 Å². The van der Waals surface area contributed by atoms with Crippen molar-refractivity contribution in [2.24, 2.45) is 0 Å². The minimum absolute atomic E-state index is 0.0149. The summed E-state index contributed by atoms with van der Waals surface area (Å²) in [7, 11) is -3.16. The van der Waals surface area contributed by atoms with Crippen LogP contribution in [-0.2, 0) is 16.4 Å². The van der Waals surface area contributed by atoms with Gasteiger partial charge in [0.2, 0.25) is 10.0 Å². The molecule has 0 saturated carbocycles. The smallest absolute Gasteiger partial charge is 0.212 e. The molecule has 3 nitrogen and oxygen atoms in total. The van der Waals surface area contributed by atoms with Crippen molar-refractivity contribution in [3.8, 4) is 0 Å². The number of sulfonamides is 1. The molecule has 0 atom stereocenters. The zero-order chi connectivity index (χ0) is 10.4. The lowest BCUT2D eigenvalue weighted by Crippen LogP contribution is -2.28. The van der Waals surface area contributed by atoms with E-state index in [1.807, 2.05) is 17.5 Å². The number of rotatable bonds is 6. The highest BCUT2D eigenvalue weighted by molar-refractivity contribution is 7.89. The number of hydrogen-bond donors (Lipinski definition) is 1. The van der Waals surface area contributed by atoms with Crippen molar-refractivity contribution in [3.05, 3.63) is 22.4 Å². The van der Waals surface area contributed by atoms with Gasteiger partial charge in [-0.1, -0.05) is 6.07 Å². The summed E-state index contributed by atoms with van der Waals surface area (Å²) in [5, 5.41) is 1.97. The van der Waals surface area contributed by atoms with Gasteiger partial charge in [-0.05, 0) is 17.9 Å². The third-order valence-corrected chi connectivity index (χ3v) is 4.35. The van der Waals surface area contributed by atoms with Gasteiger partial charge in [-0.2, -0.15) is 0 Å². The molecule has 6 heteroatoms. The highest BCUT2D eigenvalue weighted by atomic mass is 35.5. The van der Waals surface area contributed by atoms with Gasteiger partial charge in [0.05, 0.1) is 5.75 Å². The van der Waals surface area contributed by atoms with E-state index >= 15 is 0 Å². The van der Waals surface area contributed by atoms with Gasteiger partial charge in [0, 0.05) is 17.3 Å². The fourth-order valence-electron chi connectivity index (χ4n) is 0.958. The summed E-state index contributed by atoms with van der Waals surface area (Å²) in [5.41, 5.74) is 0. The lowest BCUT2D eigenvalue weighted by Gasteiger charge is -2.03. The fourth-order valence-corrected chi connectivity index (χ4v) is 3.04. The molecule has 0 aliphatic rings. The molecule has 0 aliphatic heterocycles. The monoisotopic (exact) mass is 253 g/mol. The van der Waals surface area contributed by atoms with Crippen LogP contribution in [0.1, 0.15) is 4.88 Å². The molecule has 1 N–H and O–H groups in total. The van der Waals surface area contributed by atoms with Crippen LogP contribution in [0.4, 0.5) is 0 Å². The molecular weight excluding hydrogens is 242 g/mol. The van der Waals surface area contributed by atoms with Crippen molar-refractivity contribution >= 4 is 33.0 Å². The van der Waals surface area contributed by atoms with Crippen LogP contribution >= 0.6 is 22.9 Å². The summed E-state index contributed by atoms with van der Waals surface area (Å²) in [4.78, 5) is 1.18. The van der Waals surface area contributed by atoms with Gasteiger partial charge in [0.15, 0.2) is 0 Å². The van der Waals surface area contributed by atoms with Crippen molar-refractivity contribution in [2.45, 2.75) is 6.42 Å². The molecule has 1 aromatic rings. The van der Waals surface area contributed by atoms with Gasteiger partial charge in [-0.3, -0.25) is 0 Å². The first-order valence-corrected chi connectivity index (χ1v) is 7.26. The zero-order valence-corrected chi connectivity index (χ0v) is 9.96. The summed E-state index contributed by atoms with van der Waals surface area (Å²) in [5.74, 6) is 0.118. The van der Waals surface area contributed by atoms with Crippen LogP contribution in [-0.4, -0.2) is 26.6 Å². The van der Waals surface area contributed by atoms with Crippen molar-refractivity contribution in [1.82, 2.24) is 4.72 Å². The van der Waals surface area contributed by atoms with Crippen LogP contribution in [0.25, 0.3) is 0 Å². The predicted molar refractivity (Wildman–Crippen MR) is 60.5 cm³/mol. The van der Waals surface area contributed by atoms with E-state index in [9.17, 15) is 8.42 Å². The Labute approximate surface area is 93.1 Å². The molecule has 1 heterocycles. The van der Waals surface area contributed by atoms with E-state index in [-0.39, 0.29) is 11.6 Å². The predicted octanol–water partition coefficient (Wildman–Crippen LogP) is 1.45. The average molecular weight is 254 g/mol. The van der Waals surface area contributed by atoms with Gasteiger partial charge >= 0.3 is 0 Å². The average Bonchev–Trinajstić information content (AvgIpc) is 2.56. The van der Waals surface area contributed by atoms with Crippen molar-refractivity contribution in [1.29, 1.82) is 0 Å². The second-order valence-corrected chi connectivity index (χ2v) is 6.07. The SMILES string of the molecule is O=S(=O)(CCCl)NCCc1cccs1. The number of alkyl halides is 1. The maximum absolute atomic E-state index is 11.2. The van der Waals surface area contributed by atoms with Crippen LogP contribution < -0.4 is 4.72 Å². The van der Waals surface area contributed by atoms with E-state index in [1.54, 1.807) is 11.3 Å². The molecule has 1 rings (SSSR count). The number of thiophene rings is 1. The van der Waals surface area contributed by atoms with Crippen LogP contribution in [0, 0.1) is 0 Å². The molecule has 0 radical (unpaired) electrons. The van der Waals surface area contributed by atoms with Crippen LogP contribution in [0.2, 0.25) is 0 Å². The second kappa shape index (κ2) is 5.70. The van der Waals surface area contributed by atoms with Crippen LogP contribution in [0.5, 0.6) is 0 Å². The molecule has 0 aliphatic carbocycles. The molecule has 80 valence electrons.